The highest BCUT2D eigenvalue weighted by atomic mass is 16.2. The number of benzene rings is 2. The van der Waals surface area contributed by atoms with Crippen molar-refractivity contribution in [3.8, 4) is 0 Å². The quantitative estimate of drug-likeness (QED) is 0.869. The maximum Gasteiger partial charge on any atom is 0.254 e. The first kappa shape index (κ1) is 19.0. The normalized spacial score (nSPS) is 17.4. The van der Waals surface area contributed by atoms with Crippen molar-refractivity contribution in [2.24, 2.45) is 0 Å². The summed E-state index contributed by atoms with van der Waals surface area (Å²) >= 11 is 0. The number of anilines is 1. The molecule has 28 heavy (non-hydrogen) atoms. The summed E-state index contributed by atoms with van der Waals surface area (Å²) in [6, 6.07) is 15.0. The lowest BCUT2D eigenvalue weighted by Crippen LogP contribution is -2.43. The van der Waals surface area contributed by atoms with E-state index in [2.05, 4.69) is 73.5 Å². The summed E-state index contributed by atoms with van der Waals surface area (Å²) in [5.74, 6) is 0.150. The van der Waals surface area contributed by atoms with Gasteiger partial charge in [0, 0.05) is 50.5 Å². The second-order valence-corrected chi connectivity index (χ2v) is 9.00. The van der Waals surface area contributed by atoms with Gasteiger partial charge in [-0.2, -0.15) is 0 Å². The first-order valence-electron chi connectivity index (χ1n) is 10.4. The highest BCUT2D eigenvalue weighted by molar-refractivity contribution is 5.95. The van der Waals surface area contributed by atoms with E-state index in [4.69, 9.17) is 0 Å². The van der Waals surface area contributed by atoms with Crippen molar-refractivity contribution < 1.29 is 4.79 Å². The van der Waals surface area contributed by atoms with Gasteiger partial charge in [-0.05, 0) is 46.7 Å². The van der Waals surface area contributed by atoms with Crippen LogP contribution in [0.5, 0.6) is 0 Å². The van der Waals surface area contributed by atoms with Gasteiger partial charge in [-0.3, -0.25) is 4.79 Å². The van der Waals surface area contributed by atoms with Crippen molar-refractivity contribution in [1.29, 1.82) is 0 Å². The zero-order chi connectivity index (χ0) is 19.7. The van der Waals surface area contributed by atoms with E-state index in [-0.39, 0.29) is 11.3 Å². The molecule has 0 saturated carbocycles. The van der Waals surface area contributed by atoms with Crippen LogP contribution in [0.4, 0.5) is 5.69 Å². The molecule has 2 aliphatic rings. The number of amides is 1. The van der Waals surface area contributed by atoms with E-state index in [1.807, 2.05) is 4.90 Å². The second-order valence-electron chi connectivity index (χ2n) is 9.00. The fourth-order valence-electron chi connectivity index (χ4n) is 4.12. The molecule has 2 aliphatic heterocycles. The third-order valence-corrected chi connectivity index (χ3v) is 5.93. The van der Waals surface area contributed by atoms with E-state index in [9.17, 15) is 4.79 Å². The second kappa shape index (κ2) is 7.59. The third-order valence-electron chi connectivity index (χ3n) is 5.93. The van der Waals surface area contributed by atoms with E-state index >= 15 is 0 Å². The Hall–Kier alpha value is -2.33. The van der Waals surface area contributed by atoms with E-state index in [0.29, 0.717) is 6.54 Å². The van der Waals surface area contributed by atoms with Crippen LogP contribution in [0.25, 0.3) is 0 Å². The van der Waals surface area contributed by atoms with Crippen molar-refractivity contribution >= 4 is 11.6 Å². The monoisotopic (exact) mass is 377 g/mol. The Morgan fingerprint density at radius 1 is 0.964 bits per heavy atom. The minimum atomic E-state index is 0.00751. The topological polar surface area (TPSA) is 35.6 Å². The summed E-state index contributed by atoms with van der Waals surface area (Å²) in [5, 5.41) is 3.41. The van der Waals surface area contributed by atoms with Gasteiger partial charge in [-0.1, -0.05) is 45.0 Å². The van der Waals surface area contributed by atoms with Crippen LogP contribution >= 0.6 is 0 Å². The van der Waals surface area contributed by atoms with Crippen molar-refractivity contribution in [3.63, 3.8) is 0 Å². The molecule has 1 saturated heterocycles. The fourth-order valence-corrected chi connectivity index (χ4v) is 4.12. The summed E-state index contributed by atoms with van der Waals surface area (Å²) in [6.07, 6.45) is 0.936. The molecule has 0 radical (unpaired) electrons. The highest BCUT2D eigenvalue weighted by Gasteiger charge is 2.25. The number of piperazine rings is 1. The van der Waals surface area contributed by atoms with Gasteiger partial charge in [0.05, 0.1) is 0 Å². The lowest BCUT2D eigenvalue weighted by molar-refractivity contribution is 0.0734. The smallest absolute Gasteiger partial charge is 0.254 e. The molecule has 0 aromatic heterocycles. The molecular weight excluding hydrogens is 346 g/mol. The zero-order valence-electron chi connectivity index (χ0n) is 17.3. The molecule has 0 atom stereocenters. The van der Waals surface area contributed by atoms with Crippen LogP contribution in [0.15, 0.2) is 42.5 Å². The Bertz CT molecular complexity index is 862. The number of carbonyl (C=O) groups is 1. The van der Waals surface area contributed by atoms with Gasteiger partial charge in [0.2, 0.25) is 0 Å². The first-order chi connectivity index (χ1) is 13.4. The molecule has 1 amide bonds. The van der Waals surface area contributed by atoms with Crippen LogP contribution < -0.4 is 10.2 Å². The van der Waals surface area contributed by atoms with Gasteiger partial charge >= 0.3 is 0 Å². The molecular formula is C24H31N3O. The summed E-state index contributed by atoms with van der Waals surface area (Å²) < 4.78 is 0. The molecule has 1 fully saturated rings. The maximum atomic E-state index is 13.4. The number of hydrogen-bond donors (Lipinski definition) is 1. The molecule has 1 N–H and O–H groups in total. The summed E-state index contributed by atoms with van der Waals surface area (Å²) in [5.41, 5.74) is 5.88. The predicted octanol–water partition coefficient (Wildman–Crippen LogP) is 3.59. The summed E-state index contributed by atoms with van der Waals surface area (Å²) in [7, 11) is 0. The zero-order valence-corrected chi connectivity index (χ0v) is 17.3. The Morgan fingerprint density at radius 2 is 1.68 bits per heavy atom. The van der Waals surface area contributed by atoms with Crippen molar-refractivity contribution in [3.05, 3.63) is 64.7 Å². The van der Waals surface area contributed by atoms with Crippen LogP contribution in [0.1, 0.15) is 47.8 Å². The molecule has 148 valence electrons. The number of rotatable bonds is 2. The SMILES string of the molecule is CC(C)(C)c1cc(C(=O)N2CCc3ccccc3C2)cc(N2CCNCC2)c1. The van der Waals surface area contributed by atoms with E-state index < -0.39 is 0 Å². The van der Waals surface area contributed by atoms with Crippen molar-refractivity contribution in [2.45, 2.75) is 39.2 Å². The molecule has 2 aromatic carbocycles. The van der Waals surface area contributed by atoms with E-state index in [0.717, 1.165) is 44.7 Å². The van der Waals surface area contributed by atoms with Crippen molar-refractivity contribution in [1.82, 2.24) is 10.2 Å². The average Bonchev–Trinajstić information content (AvgIpc) is 2.72. The number of hydrogen-bond acceptors (Lipinski definition) is 3. The highest BCUT2D eigenvalue weighted by Crippen LogP contribution is 2.30. The molecule has 2 heterocycles. The number of nitrogens with one attached hydrogen (secondary N) is 1. The molecule has 4 nitrogen and oxygen atoms in total. The van der Waals surface area contributed by atoms with Crippen LogP contribution in [0.2, 0.25) is 0 Å². The van der Waals surface area contributed by atoms with Crippen LogP contribution in [0.3, 0.4) is 0 Å². The van der Waals surface area contributed by atoms with Gasteiger partial charge in [0.25, 0.3) is 5.91 Å². The van der Waals surface area contributed by atoms with Crippen LogP contribution in [-0.4, -0.2) is 43.5 Å². The lowest BCUT2D eigenvalue weighted by atomic mass is 9.85. The largest absolute Gasteiger partial charge is 0.369 e. The number of carbonyl (C=O) groups excluding carboxylic acids is 1. The Kier molecular flexibility index (Phi) is 5.15. The standard InChI is InChI=1S/C24H31N3O/c1-24(2,3)21-14-20(15-22(16-21)26-12-9-25-10-13-26)23(28)27-11-8-18-6-4-5-7-19(18)17-27/h4-7,14-16,25H,8-13,17H2,1-3H3. The van der Waals surface area contributed by atoms with Gasteiger partial charge in [0.1, 0.15) is 0 Å². The fraction of sp³-hybridized carbons (Fsp3) is 0.458. The minimum Gasteiger partial charge on any atom is -0.369 e. The number of fused-ring (bicyclic) bond motifs is 1. The Balaban J connectivity index is 1.65. The summed E-state index contributed by atoms with van der Waals surface area (Å²) in [6.45, 7) is 12.1. The molecule has 0 bridgehead atoms. The van der Waals surface area contributed by atoms with Gasteiger partial charge in [0.15, 0.2) is 0 Å². The van der Waals surface area contributed by atoms with E-state index in [1.54, 1.807) is 0 Å². The molecule has 0 aliphatic carbocycles. The van der Waals surface area contributed by atoms with E-state index in [1.165, 1.54) is 22.4 Å². The lowest BCUT2D eigenvalue weighted by Gasteiger charge is -2.33. The van der Waals surface area contributed by atoms with Crippen LogP contribution in [-0.2, 0) is 18.4 Å². The molecule has 0 spiro atoms. The van der Waals surface area contributed by atoms with Crippen molar-refractivity contribution in [2.75, 3.05) is 37.6 Å². The molecule has 4 rings (SSSR count). The average molecular weight is 378 g/mol. The molecule has 0 unspecified atom stereocenters. The maximum absolute atomic E-state index is 13.4. The summed E-state index contributed by atoms with van der Waals surface area (Å²) in [4.78, 5) is 17.8. The minimum absolute atomic E-state index is 0.00751. The Morgan fingerprint density at radius 3 is 2.39 bits per heavy atom. The van der Waals surface area contributed by atoms with Gasteiger partial charge < -0.3 is 15.1 Å². The predicted molar refractivity (Wildman–Crippen MR) is 115 cm³/mol. The third kappa shape index (κ3) is 3.93. The number of nitrogens with zero attached hydrogens (tertiary/aromatic N) is 2. The van der Waals surface area contributed by atoms with Gasteiger partial charge in [-0.15, -0.1) is 0 Å². The molecule has 4 heteroatoms. The van der Waals surface area contributed by atoms with Crippen LogP contribution in [0, 0.1) is 0 Å². The first-order valence-corrected chi connectivity index (χ1v) is 10.4. The van der Waals surface area contributed by atoms with Gasteiger partial charge in [-0.25, -0.2) is 0 Å². The molecule has 2 aromatic rings. The Labute approximate surface area is 168 Å².